The first-order chi connectivity index (χ1) is 24.8. The molecule has 2 aromatic heterocycles. The van der Waals surface area contributed by atoms with E-state index in [2.05, 4.69) is 20.6 Å². The fourth-order valence-electron chi connectivity index (χ4n) is 6.33. The number of anilines is 1. The van der Waals surface area contributed by atoms with E-state index in [0.717, 1.165) is 16.8 Å². The number of nitrogens with one attached hydrogen (secondary N) is 2. The van der Waals surface area contributed by atoms with Gasteiger partial charge in [0.25, 0.3) is 0 Å². The quantitative estimate of drug-likeness (QED) is 0.0966. The second-order valence-electron chi connectivity index (χ2n) is 14.2. The van der Waals surface area contributed by atoms with Crippen LogP contribution in [-0.2, 0) is 35.5 Å². The molecule has 6 atom stereocenters. The fraction of sp³-hybridized carbons (Fsp3) is 0.450. The molecule has 0 saturated heterocycles. The van der Waals surface area contributed by atoms with Crippen molar-refractivity contribution in [2.75, 3.05) is 19.8 Å². The third kappa shape index (κ3) is 11.7. The van der Waals surface area contributed by atoms with E-state index in [1.54, 1.807) is 30.1 Å². The first kappa shape index (κ1) is 40.6. The number of hydrogen-bond acceptors (Lipinski definition) is 10. The lowest BCUT2D eigenvalue weighted by atomic mass is 9.88. The molecule has 0 radical (unpaired) electrons. The van der Waals surface area contributed by atoms with Crippen molar-refractivity contribution in [2.24, 2.45) is 11.8 Å². The van der Waals surface area contributed by atoms with Crippen molar-refractivity contribution in [1.29, 1.82) is 0 Å². The van der Waals surface area contributed by atoms with Crippen molar-refractivity contribution in [3.05, 3.63) is 113 Å². The summed E-state index contributed by atoms with van der Waals surface area (Å²) in [4.78, 5) is 39.8. The van der Waals surface area contributed by atoms with Crippen LogP contribution in [0.3, 0.4) is 0 Å². The second kappa shape index (κ2) is 19.6. The maximum absolute atomic E-state index is 14.0. The van der Waals surface area contributed by atoms with Crippen molar-refractivity contribution in [1.82, 2.24) is 30.4 Å². The topological polar surface area (TPSA) is 157 Å². The molecule has 4 rings (SSSR count). The number of rotatable bonds is 19. The highest BCUT2D eigenvalue weighted by atomic mass is 32.1. The molecule has 12 heteroatoms. The van der Waals surface area contributed by atoms with Gasteiger partial charge in [-0.3, -0.25) is 25.2 Å². The number of pyridine rings is 1. The maximum Gasteiger partial charge on any atom is 0.240 e. The fourth-order valence-corrected chi connectivity index (χ4v) is 6.89. The highest BCUT2D eigenvalue weighted by Gasteiger charge is 2.38. The van der Waals surface area contributed by atoms with Crippen LogP contribution in [0, 0.1) is 11.8 Å². The van der Waals surface area contributed by atoms with Gasteiger partial charge in [0.2, 0.25) is 11.8 Å². The molecule has 11 nitrogen and oxygen atoms in total. The Balaban J connectivity index is 1.62. The SMILES string of the molecule is CC(C)[C@H](N[C@@H](Cc1ccccc1)[C@H](O)[C@@H](O)[C@H](Cc1ccccc1)N[C@H](C(=O)N(C)Cc1csc(N)n1)C(C)C)C(=O)N(C)Cc1ccccn1. The van der Waals surface area contributed by atoms with E-state index in [9.17, 15) is 19.8 Å². The number of amides is 2. The van der Waals surface area contributed by atoms with E-state index < -0.39 is 36.4 Å². The van der Waals surface area contributed by atoms with E-state index >= 15 is 0 Å². The summed E-state index contributed by atoms with van der Waals surface area (Å²) in [6.45, 7) is 8.44. The van der Waals surface area contributed by atoms with Crippen LogP contribution in [0.4, 0.5) is 5.13 Å². The van der Waals surface area contributed by atoms with Gasteiger partial charge in [-0.2, -0.15) is 0 Å². The number of thiazole rings is 1. The standard InChI is InChI=1S/C40H55N7O4S/c1-26(2)34(38(50)46(5)23-30-19-13-14-20-42-30)44-32(21-28-15-9-7-10-16-28)36(48)37(49)33(22-29-17-11-8-12-18-29)45-35(27(3)4)39(51)47(6)24-31-25-52-40(41)43-31/h7-20,25-27,32-37,44-45,48-49H,21-24H2,1-6H3,(H2,41,43)/t32-,33-,34-,35-,36-,37-/m0/s1. The smallest absolute Gasteiger partial charge is 0.240 e. The minimum absolute atomic E-state index is 0.133. The van der Waals surface area contributed by atoms with Gasteiger partial charge in [-0.25, -0.2) is 4.98 Å². The number of hydrogen-bond donors (Lipinski definition) is 5. The largest absolute Gasteiger partial charge is 0.389 e. The highest BCUT2D eigenvalue weighted by Crippen LogP contribution is 2.20. The average Bonchev–Trinajstić information content (AvgIpc) is 3.55. The van der Waals surface area contributed by atoms with Gasteiger partial charge in [0.05, 0.1) is 48.8 Å². The molecule has 0 unspecified atom stereocenters. The lowest BCUT2D eigenvalue weighted by Gasteiger charge is -2.38. The highest BCUT2D eigenvalue weighted by molar-refractivity contribution is 7.13. The number of carbonyl (C=O) groups excluding carboxylic acids is 2. The Morgan fingerprint density at radius 2 is 1.15 bits per heavy atom. The average molecular weight is 730 g/mol. The zero-order chi connectivity index (χ0) is 37.8. The molecular weight excluding hydrogens is 675 g/mol. The van der Waals surface area contributed by atoms with Gasteiger partial charge < -0.3 is 25.7 Å². The van der Waals surface area contributed by atoms with Gasteiger partial charge in [0.1, 0.15) is 0 Å². The summed E-state index contributed by atoms with van der Waals surface area (Å²) in [5.74, 6) is -0.587. The summed E-state index contributed by atoms with van der Waals surface area (Å²) in [5.41, 5.74) is 9.18. The summed E-state index contributed by atoms with van der Waals surface area (Å²) in [7, 11) is 3.47. The number of likely N-dealkylation sites (N-methyl/N-ethyl adjacent to an activating group) is 2. The van der Waals surface area contributed by atoms with Crippen LogP contribution in [0.25, 0.3) is 0 Å². The molecule has 52 heavy (non-hydrogen) atoms. The van der Waals surface area contributed by atoms with Crippen LogP contribution in [0.1, 0.15) is 50.2 Å². The van der Waals surface area contributed by atoms with Crippen LogP contribution in [0.15, 0.2) is 90.4 Å². The molecular formula is C40H55N7O4S. The summed E-state index contributed by atoms with van der Waals surface area (Å²) in [5, 5.41) is 33.5. The van der Waals surface area contributed by atoms with Gasteiger partial charge >= 0.3 is 0 Å². The van der Waals surface area contributed by atoms with E-state index in [1.807, 2.05) is 112 Å². The van der Waals surface area contributed by atoms with Crippen molar-refractivity contribution < 1.29 is 19.8 Å². The summed E-state index contributed by atoms with van der Waals surface area (Å²) >= 11 is 1.32. The Hall–Kier alpha value is -4.20. The Morgan fingerprint density at radius 1 is 0.712 bits per heavy atom. The van der Waals surface area contributed by atoms with Crippen LogP contribution in [0.5, 0.6) is 0 Å². The first-order valence-electron chi connectivity index (χ1n) is 17.9. The summed E-state index contributed by atoms with van der Waals surface area (Å²) in [6, 6.07) is 22.2. The van der Waals surface area contributed by atoms with E-state index in [0.29, 0.717) is 30.2 Å². The zero-order valence-electron chi connectivity index (χ0n) is 31.1. The van der Waals surface area contributed by atoms with Gasteiger partial charge in [0, 0.05) is 37.8 Å². The van der Waals surface area contributed by atoms with E-state index in [1.165, 1.54) is 11.3 Å². The van der Waals surface area contributed by atoms with Crippen LogP contribution in [-0.4, -0.2) is 92.3 Å². The van der Waals surface area contributed by atoms with Crippen LogP contribution >= 0.6 is 11.3 Å². The lowest BCUT2D eigenvalue weighted by Crippen LogP contribution is -2.62. The Morgan fingerprint density at radius 3 is 1.54 bits per heavy atom. The van der Waals surface area contributed by atoms with Crippen molar-refractivity contribution in [3.63, 3.8) is 0 Å². The number of aliphatic hydroxyl groups is 2. The molecule has 0 saturated carbocycles. The van der Waals surface area contributed by atoms with E-state index in [4.69, 9.17) is 5.73 Å². The monoisotopic (exact) mass is 729 g/mol. The third-order valence-corrected chi connectivity index (χ3v) is 9.99. The Bertz CT molecular complexity index is 1660. The van der Waals surface area contributed by atoms with Crippen LogP contribution < -0.4 is 16.4 Å². The van der Waals surface area contributed by atoms with Gasteiger partial charge in [0.15, 0.2) is 5.13 Å². The number of carbonyl (C=O) groups is 2. The zero-order valence-corrected chi connectivity index (χ0v) is 31.9. The summed E-state index contributed by atoms with van der Waals surface area (Å²) < 4.78 is 0. The number of nitrogen functional groups attached to an aromatic ring is 1. The van der Waals surface area contributed by atoms with Gasteiger partial charge in [-0.15, -0.1) is 11.3 Å². The molecule has 0 aliphatic rings. The van der Waals surface area contributed by atoms with Crippen molar-refractivity contribution >= 4 is 28.3 Å². The maximum atomic E-state index is 14.0. The minimum atomic E-state index is -1.33. The minimum Gasteiger partial charge on any atom is -0.389 e. The summed E-state index contributed by atoms with van der Waals surface area (Å²) in [6.07, 6.45) is -0.252. The van der Waals surface area contributed by atoms with Gasteiger partial charge in [-0.05, 0) is 47.9 Å². The number of nitrogens with two attached hydrogens (primary N) is 1. The Labute approximate surface area is 312 Å². The molecule has 0 spiro atoms. The molecule has 0 bridgehead atoms. The molecule has 0 aliphatic heterocycles. The van der Waals surface area contributed by atoms with Gasteiger partial charge in [-0.1, -0.05) is 94.4 Å². The predicted octanol–water partition coefficient (Wildman–Crippen LogP) is 3.91. The number of benzene rings is 2. The number of aromatic nitrogens is 2. The predicted molar refractivity (Wildman–Crippen MR) is 207 cm³/mol. The molecule has 6 N–H and O–H groups in total. The number of aliphatic hydroxyl groups excluding tert-OH is 2. The molecule has 2 aromatic carbocycles. The molecule has 280 valence electrons. The first-order valence-corrected chi connectivity index (χ1v) is 18.8. The third-order valence-electron chi connectivity index (χ3n) is 9.27. The normalized spacial score (nSPS) is 15.1. The molecule has 4 aromatic rings. The van der Waals surface area contributed by atoms with E-state index in [-0.39, 0.29) is 30.2 Å². The molecule has 0 aliphatic carbocycles. The van der Waals surface area contributed by atoms with Crippen LogP contribution in [0.2, 0.25) is 0 Å². The number of nitrogens with zero attached hydrogens (tertiary/aromatic N) is 4. The van der Waals surface area contributed by atoms with Crippen molar-refractivity contribution in [3.8, 4) is 0 Å². The molecule has 2 amide bonds. The molecule has 0 fully saturated rings. The second-order valence-corrected chi connectivity index (χ2v) is 15.1. The van der Waals surface area contributed by atoms with Crippen molar-refractivity contribution in [2.45, 2.75) is 90.0 Å². The Kier molecular flexibility index (Phi) is 15.3. The molecule has 2 heterocycles. The lowest BCUT2D eigenvalue weighted by molar-refractivity contribution is -0.136.